The Hall–Kier alpha value is -1.52. The van der Waals surface area contributed by atoms with Gasteiger partial charge >= 0.3 is 0 Å². The van der Waals surface area contributed by atoms with E-state index in [-0.39, 0.29) is 16.7 Å². The van der Waals surface area contributed by atoms with E-state index in [0.29, 0.717) is 22.7 Å². The average Bonchev–Trinajstić information content (AvgIpc) is 3.18. The zero-order valence-electron chi connectivity index (χ0n) is 13.6. The molecule has 1 N–H and O–H groups in total. The largest absolute Gasteiger partial charge is 0.315 e. The monoisotopic (exact) mass is 361 g/mol. The van der Waals surface area contributed by atoms with Crippen molar-refractivity contribution < 1.29 is 9.59 Å². The van der Waals surface area contributed by atoms with Gasteiger partial charge in [0.1, 0.15) is 17.1 Å². The molecule has 3 heterocycles. The van der Waals surface area contributed by atoms with Gasteiger partial charge < -0.3 is 10.2 Å². The predicted molar refractivity (Wildman–Crippen MR) is 95.0 cm³/mol. The van der Waals surface area contributed by atoms with Crippen LogP contribution in [0.1, 0.15) is 48.6 Å². The summed E-state index contributed by atoms with van der Waals surface area (Å²) in [5, 5.41) is 13.1. The van der Waals surface area contributed by atoms with E-state index in [2.05, 4.69) is 11.4 Å². The first-order valence-electron chi connectivity index (χ1n) is 8.35. The molecule has 2 aliphatic heterocycles. The summed E-state index contributed by atoms with van der Waals surface area (Å²) in [5.41, 5.74) is 1.75. The van der Waals surface area contributed by atoms with Crippen LogP contribution >= 0.6 is 23.1 Å². The van der Waals surface area contributed by atoms with Crippen LogP contribution in [-0.4, -0.2) is 33.4 Å². The molecule has 3 aliphatic rings. The number of carbonyl (C=O) groups excluding carboxylic acids is 2. The first kappa shape index (κ1) is 16.0. The molecule has 0 aromatic carbocycles. The lowest BCUT2D eigenvalue weighted by atomic mass is 9.96. The van der Waals surface area contributed by atoms with Crippen LogP contribution in [0.15, 0.2) is 0 Å². The van der Waals surface area contributed by atoms with E-state index < -0.39 is 6.04 Å². The summed E-state index contributed by atoms with van der Waals surface area (Å²) in [6.07, 6.45) is 5.48. The number of rotatable bonds is 2. The van der Waals surface area contributed by atoms with Crippen molar-refractivity contribution in [2.45, 2.75) is 56.4 Å². The fraction of sp³-hybridized carbons (Fsp3) is 0.588. The van der Waals surface area contributed by atoms with Crippen molar-refractivity contribution >= 4 is 39.9 Å². The van der Waals surface area contributed by atoms with Crippen LogP contribution in [-0.2, 0) is 22.4 Å². The molecule has 0 bridgehead atoms. The fourth-order valence-electron chi connectivity index (χ4n) is 3.98. The molecule has 24 heavy (non-hydrogen) atoms. The van der Waals surface area contributed by atoms with Crippen LogP contribution < -0.4 is 5.32 Å². The molecule has 1 aromatic heterocycles. The van der Waals surface area contributed by atoms with E-state index >= 15 is 0 Å². The van der Waals surface area contributed by atoms with Crippen molar-refractivity contribution in [1.82, 2.24) is 4.90 Å². The number of anilines is 1. The maximum Gasteiger partial charge on any atom is 0.248 e. The minimum Gasteiger partial charge on any atom is -0.315 e. The molecule has 126 valence electrons. The molecular formula is C17H19N3O2S2. The van der Waals surface area contributed by atoms with Gasteiger partial charge in [-0.3, -0.25) is 9.59 Å². The third-order valence-electron chi connectivity index (χ3n) is 5.27. The number of carbonyl (C=O) groups is 2. The zero-order valence-corrected chi connectivity index (χ0v) is 15.2. The van der Waals surface area contributed by atoms with E-state index in [4.69, 9.17) is 0 Å². The molecule has 5 nitrogen and oxygen atoms in total. The quantitative estimate of drug-likeness (QED) is 0.879. The van der Waals surface area contributed by atoms with E-state index in [1.165, 1.54) is 16.2 Å². The van der Waals surface area contributed by atoms with Crippen molar-refractivity contribution in [2.75, 3.05) is 11.1 Å². The van der Waals surface area contributed by atoms with Gasteiger partial charge in [0.15, 0.2) is 0 Å². The molecule has 4 rings (SSSR count). The Balaban J connectivity index is 1.58. The third kappa shape index (κ3) is 2.35. The highest BCUT2D eigenvalue weighted by Gasteiger charge is 2.53. The summed E-state index contributed by atoms with van der Waals surface area (Å²) >= 11 is 3.22. The molecule has 0 unspecified atom stereocenters. The standard InChI is InChI=1S/C17H19N3O2S2/c1-17-7-6-14(21)20(17)12(9-23-17)15(22)19-16-11(8-18)10-4-2-3-5-13(10)24-16/h12H,2-7,9H2,1H3,(H,19,22)/t12-,17+/m1/s1. The minimum absolute atomic E-state index is 0.0635. The number of nitriles is 1. The van der Waals surface area contributed by atoms with Gasteiger partial charge in [-0.05, 0) is 44.6 Å². The lowest BCUT2D eigenvalue weighted by Crippen LogP contribution is -2.48. The topological polar surface area (TPSA) is 73.2 Å². The number of thioether (sulfide) groups is 1. The van der Waals surface area contributed by atoms with Gasteiger partial charge in [-0.25, -0.2) is 0 Å². The molecule has 0 saturated carbocycles. The Kier molecular flexibility index (Phi) is 3.85. The van der Waals surface area contributed by atoms with Crippen LogP contribution in [0.5, 0.6) is 0 Å². The highest BCUT2D eigenvalue weighted by molar-refractivity contribution is 8.01. The molecule has 2 saturated heterocycles. The SMILES string of the molecule is C[C@]12CCC(=O)N1[C@@H](C(=O)Nc1sc3c(c1C#N)CCCC3)CS2. The van der Waals surface area contributed by atoms with Crippen LogP contribution in [0.2, 0.25) is 0 Å². The molecule has 1 aromatic rings. The number of nitrogens with zero attached hydrogens (tertiary/aromatic N) is 2. The first-order chi connectivity index (χ1) is 11.5. The number of thiophene rings is 1. The number of hydrogen-bond donors (Lipinski definition) is 1. The van der Waals surface area contributed by atoms with E-state index in [1.54, 1.807) is 16.7 Å². The van der Waals surface area contributed by atoms with Gasteiger partial charge in [0, 0.05) is 17.1 Å². The van der Waals surface area contributed by atoms with Gasteiger partial charge in [0.2, 0.25) is 11.8 Å². The van der Waals surface area contributed by atoms with Crippen molar-refractivity contribution in [2.24, 2.45) is 0 Å². The van der Waals surface area contributed by atoms with Crippen molar-refractivity contribution in [1.29, 1.82) is 5.26 Å². The van der Waals surface area contributed by atoms with Crippen LogP contribution in [0.3, 0.4) is 0 Å². The van der Waals surface area contributed by atoms with Gasteiger partial charge in [-0.1, -0.05) is 0 Å². The van der Waals surface area contributed by atoms with E-state index in [1.807, 2.05) is 6.92 Å². The Bertz CT molecular complexity index is 767. The van der Waals surface area contributed by atoms with Gasteiger partial charge in [0.25, 0.3) is 0 Å². The number of fused-ring (bicyclic) bond motifs is 2. The highest BCUT2D eigenvalue weighted by Crippen LogP contribution is 2.47. The zero-order chi connectivity index (χ0) is 16.9. The molecule has 2 amide bonds. The van der Waals surface area contributed by atoms with Gasteiger partial charge in [-0.15, -0.1) is 23.1 Å². The summed E-state index contributed by atoms with van der Waals surface area (Å²) < 4.78 is 0. The molecule has 7 heteroatoms. The average molecular weight is 361 g/mol. The number of amides is 2. The maximum atomic E-state index is 12.8. The molecule has 0 radical (unpaired) electrons. The van der Waals surface area contributed by atoms with Gasteiger partial charge in [0.05, 0.1) is 10.4 Å². The van der Waals surface area contributed by atoms with Crippen LogP contribution in [0.4, 0.5) is 5.00 Å². The second kappa shape index (κ2) is 5.78. The minimum atomic E-state index is -0.430. The molecule has 0 spiro atoms. The Morgan fingerprint density at radius 3 is 2.96 bits per heavy atom. The lowest BCUT2D eigenvalue weighted by Gasteiger charge is -2.29. The molecule has 2 fully saturated rings. The third-order valence-corrected chi connectivity index (χ3v) is 7.98. The smallest absolute Gasteiger partial charge is 0.248 e. The summed E-state index contributed by atoms with van der Waals surface area (Å²) in [6.45, 7) is 2.04. The first-order valence-corrected chi connectivity index (χ1v) is 10.2. The van der Waals surface area contributed by atoms with Crippen LogP contribution in [0.25, 0.3) is 0 Å². The normalized spacial score (nSPS) is 28.4. The second-order valence-corrected chi connectivity index (χ2v) is 9.39. The van der Waals surface area contributed by atoms with E-state index in [0.717, 1.165) is 37.7 Å². The Morgan fingerprint density at radius 1 is 1.38 bits per heavy atom. The van der Waals surface area contributed by atoms with Gasteiger partial charge in [-0.2, -0.15) is 5.26 Å². The lowest BCUT2D eigenvalue weighted by molar-refractivity contribution is -0.135. The van der Waals surface area contributed by atoms with E-state index in [9.17, 15) is 14.9 Å². The van der Waals surface area contributed by atoms with Crippen molar-refractivity contribution in [3.8, 4) is 6.07 Å². The maximum absolute atomic E-state index is 12.8. The number of nitrogens with one attached hydrogen (secondary N) is 1. The highest BCUT2D eigenvalue weighted by atomic mass is 32.2. The van der Waals surface area contributed by atoms with Crippen molar-refractivity contribution in [3.63, 3.8) is 0 Å². The summed E-state index contributed by atoms with van der Waals surface area (Å²) in [6, 6.07) is 1.84. The molecular weight excluding hydrogens is 342 g/mol. The van der Waals surface area contributed by atoms with Crippen molar-refractivity contribution in [3.05, 3.63) is 16.0 Å². The fourth-order valence-corrected chi connectivity index (χ4v) is 6.66. The second-order valence-electron chi connectivity index (χ2n) is 6.78. The van der Waals surface area contributed by atoms with Crippen LogP contribution in [0, 0.1) is 11.3 Å². The number of hydrogen-bond acceptors (Lipinski definition) is 5. The molecule has 2 atom stereocenters. The Labute approximate surface area is 149 Å². The molecule has 1 aliphatic carbocycles. The predicted octanol–water partition coefficient (Wildman–Crippen LogP) is 2.89. The summed E-state index contributed by atoms with van der Waals surface area (Å²) in [5.74, 6) is 0.534. The summed E-state index contributed by atoms with van der Waals surface area (Å²) in [7, 11) is 0. The number of aryl methyl sites for hydroxylation is 1. The summed E-state index contributed by atoms with van der Waals surface area (Å²) in [4.78, 5) is 27.7. The Morgan fingerprint density at radius 2 is 2.17 bits per heavy atom.